The first kappa shape index (κ1) is 8.62. The van der Waals surface area contributed by atoms with Gasteiger partial charge in [0.05, 0.1) is 14.1 Å². The van der Waals surface area contributed by atoms with Crippen molar-refractivity contribution in [2.45, 2.75) is 0 Å². The maximum Gasteiger partial charge on any atom is 0.445 e. The molecule has 0 unspecified atom stereocenters. The van der Waals surface area contributed by atoms with E-state index in [1.54, 1.807) is 26.5 Å². The van der Waals surface area contributed by atoms with Crippen LogP contribution >= 0.6 is 0 Å². The molecule has 0 aliphatic rings. The monoisotopic (exact) mass is 194 g/mol. The van der Waals surface area contributed by atoms with Crippen molar-refractivity contribution in [3.63, 3.8) is 0 Å². The van der Waals surface area contributed by atoms with Crippen molar-refractivity contribution in [1.82, 2.24) is 4.57 Å². The summed E-state index contributed by atoms with van der Waals surface area (Å²) >= 11 is 0. The topological polar surface area (TPSA) is 8.81 Å². The zero-order valence-electron chi connectivity index (χ0n) is 5.31. The van der Waals surface area contributed by atoms with Crippen molar-refractivity contribution in [2.24, 2.45) is 14.1 Å². The lowest BCUT2D eigenvalue weighted by Gasteiger charge is -1.79. The molecule has 0 radical (unpaired) electrons. The Morgan fingerprint density at radius 2 is 2.22 bits per heavy atom. The van der Waals surface area contributed by atoms with Gasteiger partial charge >= 0.3 is 6.08 Å². The second kappa shape index (κ2) is 2.96. The van der Waals surface area contributed by atoms with Crippen LogP contribution in [0.15, 0.2) is 12.4 Å². The van der Waals surface area contributed by atoms with Gasteiger partial charge in [-0.05, 0) is 0 Å². The van der Waals surface area contributed by atoms with Gasteiger partial charge in [0.25, 0.3) is 0 Å². The molecule has 1 aromatic heterocycles. The molecule has 0 N–H and O–H groups in total. The molecule has 1 heterocycles. The molecule has 52 valence electrons. The van der Waals surface area contributed by atoms with Crippen LogP contribution in [0.3, 0.4) is 0 Å². The Morgan fingerprint density at radius 3 is 2.33 bits per heavy atom. The van der Waals surface area contributed by atoms with Crippen molar-refractivity contribution < 1.29 is 25.9 Å². The van der Waals surface area contributed by atoms with Crippen molar-refractivity contribution in [3.8, 4) is 0 Å². The van der Waals surface area contributed by atoms with Gasteiger partial charge in [-0.1, -0.05) is 0 Å². The fraction of sp³-hybridized carbons (Fsp3) is 0.400. The lowest BCUT2D eigenvalue weighted by molar-refractivity contribution is -0.700. The summed E-state index contributed by atoms with van der Waals surface area (Å²) in [7, 11) is 3.32. The predicted molar refractivity (Wildman–Crippen MR) is 26.5 cm³/mol. The summed E-state index contributed by atoms with van der Waals surface area (Å²) in [6.07, 6.45) is 3.09. The fourth-order valence-corrected chi connectivity index (χ4v) is 0.572. The molecule has 0 saturated heterocycles. The summed E-state index contributed by atoms with van der Waals surface area (Å²) in [5.74, 6) is 0. The number of rotatable bonds is 0. The Kier molecular flexibility index (Phi) is 2.84. The van der Waals surface area contributed by atoms with Crippen molar-refractivity contribution in [2.75, 3.05) is 0 Å². The van der Waals surface area contributed by atoms with Crippen LogP contribution in [0.5, 0.6) is 0 Å². The first-order chi connectivity index (χ1) is 3.72. The van der Waals surface area contributed by atoms with Gasteiger partial charge in [0, 0.05) is 0 Å². The molecule has 0 spiro atoms. The highest BCUT2D eigenvalue weighted by molar-refractivity contribution is 4.64. The molecule has 9 heavy (non-hydrogen) atoms. The molecule has 1 rings (SSSR count). The van der Waals surface area contributed by atoms with Crippen LogP contribution in [0.4, 0.5) is 4.39 Å². The molecule has 1 aromatic rings. The molecule has 0 fully saturated rings. The summed E-state index contributed by atoms with van der Waals surface area (Å²) in [5, 5.41) is 0. The molecule has 0 amide bonds. The molecule has 0 saturated carbocycles. The van der Waals surface area contributed by atoms with E-state index in [2.05, 4.69) is 0 Å². The highest BCUT2D eigenvalue weighted by Crippen LogP contribution is 1.84. The van der Waals surface area contributed by atoms with Crippen LogP contribution < -0.4 is 21.5 Å². The standard InChI is InChI=1S/C5H8FN2.BrH/c1-7-3-4-8(2)5(7)6;/h3-4H,1-2H3;1H/q+1;/p-1. The van der Waals surface area contributed by atoms with Gasteiger partial charge in [0.15, 0.2) is 0 Å². The van der Waals surface area contributed by atoms with Crippen LogP contribution in [0, 0.1) is 6.08 Å². The van der Waals surface area contributed by atoms with Gasteiger partial charge in [-0.15, -0.1) is 4.39 Å². The molecule has 0 aliphatic carbocycles. The first-order valence-electron chi connectivity index (χ1n) is 2.38. The van der Waals surface area contributed by atoms with Crippen LogP contribution in [0.25, 0.3) is 0 Å². The smallest absolute Gasteiger partial charge is 0.445 e. The van der Waals surface area contributed by atoms with E-state index in [4.69, 9.17) is 0 Å². The van der Waals surface area contributed by atoms with E-state index in [1.165, 1.54) is 9.13 Å². The SMILES string of the molecule is Cn1cc[n+](C)c1F.[Br-]. The largest absolute Gasteiger partial charge is 1.00 e. The minimum atomic E-state index is -0.231. The third-order valence-electron chi connectivity index (χ3n) is 1.10. The molecule has 2 nitrogen and oxygen atoms in total. The zero-order chi connectivity index (χ0) is 6.15. The highest BCUT2D eigenvalue weighted by atomic mass is 79.9. The number of imidazole rings is 1. The molecule has 0 aromatic carbocycles. The van der Waals surface area contributed by atoms with E-state index >= 15 is 0 Å². The minimum Gasteiger partial charge on any atom is -1.00 e. The Balaban J connectivity index is 0.000000640. The molecule has 0 atom stereocenters. The summed E-state index contributed by atoms with van der Waals surface area (Å²) < 4.78 is 15.2. The lowest BCUT2D eigenvalue weighted by Crippen LogP contribution is -3.00. The van der Waals surface area contributed by atoms with Gasteiger partial charge in [-0.3, -0.25) is 0 Å². The minimum absolute atomic E-state index is 0. The average Bonchev–Trinajstić information content (AvgIpc) is 1.98. The summed E-state index contributed by atoms with van der Waals surface area (Å²) in [6, 6.07) is 0. The average molecular weight is 195 g/mol. The van der Waals surface area contributed by atoms with Gasteiger partial charge in [0.2, 0.25) is 0 Å². The number of halogens is 2. The maximum absolute atomic E-state index is 12.4. The van der Waals surface area contributed by atoms with Gasteiger partial charge in [-0.25, -0.2) is 9.13 Å². The Labute approximate surface area is 63.7 Å². The normalized spacial score (nSPS) is 8.78. The summed E-state index contributed by atoms with van der Waals surface area (Å²) in [6.45, 7) is 0. The van der Waals surface area contributed by atoms with Crippen LogP contribution in [-0.2, 0) is 14.1 Å². The third kappa shape index (κ3) is 1.51. The van der Waals surface area contributed by atoms with E-state index in [-0.39, 0.29) is 23.1 Å². The van der Waals surface area contributed by atoms with Crippen LogP contribution in [0.2, 0.25) is 0 Å². The second-order valence-corrected chi connectivity index (χ2v) is 1.79. The van der Waals surface area contributed by atoms with E-state index in [0.29, 0.717) is 0 Å². The number of aryl methyl sites for hydroxylation is 2. The van der Waals surface area contributed by atoms with Gasteiger partial charge in [0.1, 0.15) is 12.4 Å². The molecular weight excluding hydrogens is 187 g/mol. The van der Waals surface area contributed by atoms with E-state index in [9.17, 15) is 4.39 Å². The highest BCUT2D eigenvalue weighted by Gasteiger charge is 2.06. The number of hydrogen-bond acceptors (Lipinski definition) is 0. The molecule has 0 aliphatic heterocycles. The third-order valence-corrected chi connectivity index (χ3v) is 1.10. The molecule has 0 bridgehead atoms. The molecular formula is C5H8BrFN2. The second-order valence-electron chi connectivity index (χ2n) is 1.79. The van der Waals surface area contributed by atoms with E-state index in [0.717, 1.165) is 0 Å². The summed E-state index contributed by atoms with van der Waals surface area (Å²) in [4.78, 5) is 0. The number of aromatic nitrogens is 2. The van der Waals surface area contributed by atoms with Crippen LogP contribution in [0.1, 0.15) is 0 Å². The Morgan fingerprint density at radius 1 is 1.67 bits per heavy atom. The Hall–Kier alpha value is -0.380. The lowest BCUT2D eigenvalue weighted by atomic mass is 10.9. The van der Waals surface area contributed by atoms with E-state index < -0.39 is 0 Å². The van der Waals surface area contributed by atoms with Gasteiger partial charge in [-0.2, -0.15) is 0 Å². The van der Waals surface area contributed by atoms with Crippen molar-refractivity contribution >= 4 is 0 Å². The van der Waals surface area contributed by atoms with Crippen molar-refractivity contribution in [1.29, 1.82) is 0 Å². The number of nitrogens with zero attached hydrogens (tertiary/aromatic N) is 2. The zero-order valence-corrected chi connectivity index (χ0v) is 6.89. The summed E-state index contributed by atoms with van der Waals surface area (Å²) in [5.41, 5.74) is 0. The Bertz CT molecular complexity index is 177. The maximum atomic E-state index is 12.4. The first-order valence-corrected chi connectivity index (χ1v) is 2.38. The fourth-order valence-electron chi connectivity index (χ4n) is 0.572. The molecule has 4 heteroatoms. The quantitative estimate of drug-likeness (QED) is 0.390. The van der Waals surface area contributed by atoms with Gasteiger partial charge < -0.3 is 17.0 Å². The van der Waals surface area contributed by atoms with Crippen LogP contribution in [-0.4, -0.2) is 4.57 Å². The predicted octanol–water partition coefficient (Wildman–Crippen LogP) is -3.01. The van der Waals surface area contributed by atoms with Crippen molar-refractivity contribution in [3.05, 3.63) is 18.5 Å². The number of hydrogen-bond donors (Lipinski definition) is 0. The van der Waals surface area contributed by atoms with E-state index in [1.807, 2.05) is 0 Å².